The van der Waals surface area contributed by atoms with E-state index in [1.54, 1.807) is 14.2 Å². The fourth-order valence-electron chi connectivity index (χ4n) is 5.55. The number of nitrogens with zero attached hydrogens (tertiary/aromatic N) is 1. The third kappa shape index (κ3) is 6.84. The predicted octanol–water partition coefficient (Wildman–Crippen LogP) is 4.75. The van der Waals surface area contributed by atoms with Gasteiger partial charge in [-0.05, 0) is 73.8 Å². The number of hydrogen-bond donors (Lipinski definition) is 2. The Morgan fingerprint density at radius 3 is 2.00 bits per heavy atom. The van der Waals surface area contributed by atoms with Gasteiger partial charge in [0.25, 0.3) is 0 Å². The molecule has 3 aromatic carbocycles. The van der Waals surface area contributed by atoms with E-state index in [1.807, 2.05) is 78.7 Å². The lowest BCUT2D eigenvalue weighted by molar-refractivity contribution is -0.134. The first-order valence-corrected chi connectivity index (χ1v) is 14.1. The topological polar surface area (TPSA) is 80.3 Å². The molecule has 0 radical (unpaired) electrons. The Hall–Kier alpha value is -3.39. The molecule has 1 saturated heterocycles. The SMILES string of the molecule is CNCCCCCC(=O)N1C[C@@H](O)C[C@@H]1COC(c1ccccc1)(c1ccc(OC)cc1)c1ccc(OC)cc1. The van der Waals surface area contributed by atoms with E-state index >= 15 is 0 Å². The van der Waals surface area contributed by atoms with E-state index in [2.05, 4.69) is 17.4 Å². The minimum atomic E-state index is -0.963. The number of nitrogens with one attached hydrogen (secondary N) is 1. The molecule has 0 aliphatic carbocycles. The molecule has 2 atom stereocenters. The van der Waals surface area contributed by atoms with Crippen molar-refractivity contribution in [2.45, 2.75) is 49.9 Å². The van der Waals surface area contributed by atoms with Crippen molar-refractivity contribution in [3.05, 3.63) is 95.6 Å². The maximum absolute atomic E-state index is 13.2. The summed E-state index contributed by atoms with van der Waals surface area (Å²) in [5.74, 6) is 1.59. The Balaban J connectivity index is 1.67. The molecule has 0 saturated carbocycles. The standard InChI is InChI=1S/C33H42N2O5/c1-34-21-9-5-8-12-32(37)35-23-29(36)22-28(35)24-40-33(25-10-6-4-7-11-25,26-13-17-30(38-2)18-14-26)27-15-19-31(39-3)20-16-27/h4,6-7,10-11,13-20,28-29,34,36H,5,8-9,12,21-24H2,1-3H3/t28-,29+/m1/s1. The molecule has 7 heteroatoms. The van der Waals surface area contributed by atoms with Gasteiger partial charge in [-0.2, -0.15) is 0 Å². The van der Waals surface area contributed by atoms with Crippen LogP contribution in [0.1, 0.15) is 48.8 Å². The van der Waals surface area contributed by atoms with Crippen LogP contribution in [0.3, 0.4) is 0 Å². The molecule has 2 N–H and O–H groups in total. The quantitative estimate of drug-likeness (QED) is 0.224. The maximum Gasteiger partial charge on any atom is 0.222 e. The van der Waals surface area contributed by atoms with Crippen molar-refractivity contribution in [3.8, 4) is 11.5 Å². The lowest BCUT2D eigenvalue weighted by Gasteiger charge is -2.38. The monoisotopic (exact) mass is 546 g/mol. The third-order valence-electron chi connectivity index (χ3n) is 7.70. The molecule has 0 unspecified atom stereocenters. The maximum atomic E-state index is 13.2. The summed E-state index contributed by atoms with van der Waals surface area (Å²) in [4.78, 5) is 15.0. The molecule has 1 fully saturated rings. The number of amides is 1. The summed E-state index contributed by atoms with van der Waals surface area (Å²) in [7, 11) is 5.24. The first kappa shape index (κ1) is 29.6. The van der Waals surface area contributed by atoms with Gasteiger partial charge < -0.3 is 29.5 Å². The van der Waals surface area contributed by atoms with Crippen LogP contribution in [0.4, 0.5) is 0 Å². The van der Waals surface area contributed by atoms with Crippen LogP contribution in [0.5, 0.6) is 11.5 Å². The number of aliphatic hydroxyl groups excluding tert-OH is 1. The highest BCUT2D eigenvalue weighted by molar-refractivity contribution is 5.77. The van der Waals surface area contributed by atoms with Gasteiger partial charge in [0.2, 0.25) is 5.91 Å². The minimum absolute atomic E-state index is 0.0776. The zero-order chi connectivity index (χ0) is 28.4. The molecule has 1 aliphatic heterocycles. The molecule has 0 bridgehead atoms. The smallest absolute Gasteiger partial charge is 0.222 e. The molecule has 3 aromatic rings. The van der Waals surface area contributed by atoms with Crippen LogP contribution in [-0.2, 0) is 15.1 Å². The second-order valence-electron chi connectivity index (χ2n) is 10.3. The molecule has 4 rings (SSSR count). The van der Waals surface area contributed by atoms with E-state index < -0.39 is 11.7 Å². The molecular formula is C33H42N2O5. The van der Waals surface area contributed by atoms with Crippen LogP contribution in [0.2, 0.25) is 0 Å². The lowest BCUT2D eigenvalue weighted by Crippen LogP contribution is -2.42. The zero-order valence-corrected chi connectivity index (χ0v) is 23.8. The Bertz CT molecular complexity index is 1140. The summed E-state index contributed by atoms with van der Waals surface area (Å²) in [5, 5.41) is 13.7. The molecule has 0 spiro atoms. The lowest BCUT2D eigenvalue weighted by atomic mass is 9.80. The van der Waals surface area contributed by atoms with Crippen LogP contribution in [0, 0.1) is 0 Å². The van der Waals surface area contributed by atoms with Gasteiger partial charge in [0.1, 0.15) is 17.1 Å². The van der Waals surface area contributed by atoms with Crippen LogP contribution >= 0.6 is 0 Å². The molecule has 0 aromatic heterocycles. The summed E-state index contributed by atoms with van der Waals surface area (Å²) < 4.78 is 17.9. The van der Waals surface area contributed by atoms with E-state index in [0.717, 1.165) is 54.0 Å². The Morgan fingerprint density at radius 2 is 1.45 bits per heavy atom. The number of likely N-dealkylation sites (tertiary alicyclic amines) is 1. The van der Waals surface area contributed by atoms with Crippen LogP contribution in [-0.4, -0.2) is 69.0 Å². The van der Waals surface area contributed by atoms with E-state index in [0.29, 0.717) is 19.4 Å². The van der Waals surface area contributed by atoms with Crippen LogP contribution < -0.4 is 14.8 Å². The van der Waals surface area contributed by atoms with Gasteiger partial charge in [-0.25, -0.2) is 0 Å². The van der Waals surface area contributed by atoms with Crippen LogP contribution in [0.25, 0.3) is 0 Å². The number of rotatable bonds is 14. The van der Waals surface area contributed by atoms with Gasteiger partial charge in [0.15, 0.2) is 0 Å². The summed E-state index contributed by atoms with van der Waals surface area (Å²) in [6, 6.07) is 25.7. The van der Waals surface area contributed by atoms with E-state index in [-0.39, 0.29) is 18.6 Å². The first-order valence-electron chi connectivity index (χ1n) is 14.1. The predicted molar refractivity (Wildman–Crippen MR) is 157 cm³/mol. The molecular weight excluding hydrogens is 504 g/mol. The number of aliphatic hydroxyl groups is 1. The van der Waals surface area contributed by atoms with E-state index in [1.165, 1.54) is 0 Å². The zero-order valence-electron chi connectivity index (χ0n) is 23.8. The molecule has 1 amide bonds. The second kappa shape index (κ2) is 14.3. The normalized spacial score (nSPS) is 17.1. The summed E-state index contributed by atoms with van der Waals surface area (Å²) in [5.41, 5.74) is 1.87. The first-order chi connectivity index (χ1) is 19.5. The van der Waals surface area contributed by atoms with Gasteiger partial charge in [0, 0.05) is 13.0 Å². The fraction of sp³-hybridized carbons (Fsp3) is 0.424. The van der Waals surface area contributed by atoms with Crippen LogP contribution in [0.15, 0.2) is 78.9 Å². The van der Waals surface area contributed by atoms with Crippen molar-refractivity contribution in [3.63, 3.8) is 0 Å². The number of β-amino-alcohol motifs (C(OH)–C–C–N with tert-alkyl or cyclic N) is 1. The minimum Gasteiger partial charge on any atom is -0.497 e. The average molecular weight is 547 g/mol. The number of methoxy groups -OCH3 is 2. The highest BCUT2D eigenvalue weighted by Gasteiger charge is 2.41. The van der Waals surface area contributed by atoms with E-state index in [4.69, 9.17) is 14.2 Å². The summed E-state index contributed by atoms with van der Waals surface area (Å²) >= 11 is 0. The van der Waals surface area contributed by atoms with Crippen molar-refractivity contribution >= 4 is 5.91 Å². The van der Waals surface area contributed by atoms with Gasteiger partial charge in [0.05, 0.1) is 33.0 Å². The van der Waals surface area contributed by atoms with Crippen molar-refractivity contribution in [1.29, 1.82) is 0 Å². The van der Waals surface area contributed by atoms with Gasteiger partial charge >= 0.3 is 0 Å². The number of benzene rings is 3. The largest absolute Gasteiger partial charge is 0.497 e. The van der Waals surface area contributed by atoms with E-state index in [9.17, 15) is 9.90 Å². The molecule has 1 heterocycles. The second-order valence-corrected chi connectivity index (χ2v) is 10.3. The number of ether oxygens (including phenoxy) is 3. The number of unbranched alkanes of at least 4 members (excludes halogenated alkanes) is 2. The van der Waals surface area contributed by atoms with Crippen molar-refractivity contribution in [2.24, 2.45) is 0 Å². The number of carbonyl (C=O) groups excluding carboxylic acids is 1. The van der Waals surface area contributed by atoms with Crippen molar-refractivity contribution in [2.75, 3.05) is 41.0 Å². The van der Waals surface area contributed by atoms with Gasteiger partial charge in [-0.1, -0.05) is 61.0 Å². The molecule has 1 aliphatic rings. The van der Waals surface area contributed by atoms with Gasteiger partial charge in [-0.15, -0.1) is 0 Å². The number of hydrogen-bond acceptors (Lipinski definition) is 6. The summed E-state index contributed by atoms with van der Waals surface area (Å²) in [6.45, 7) is 1.56. The highest BCUT2D eigenvalue weighted by Crippen LogP contribution is 2.42. The third-order valence-corrected chi connectivity index (χ3v) is 7.70. The molecule has 214 valence electrons. The Morgan fingerprint density at radius 1 is 0.875 bits per heavy atom. The van der Waals surface area contributed by atoms with Gasteiger partial charge in [-0.3, -0.25) is 4.79 Å². The summed E-state index contributed by atoms with van der Waals surface area (Å²) in [6.07, 6.45) is 3.29. The molecule has 7 nitrogen and oxygen atoms in total. The molecule has 40 heavy (non-hydrogen) atoms. The average Bonchev–Trinajstić information content (AvgIpc) is 3.38. The number of carbonyl (C=O) groups is 1. The Labute approximate surface area is 238 Å². The highest BCUT2D eigenvalue weighted by atomic mass is 16.5. The van der Waals surface area contributed by atoms with Crippen molar-refractivity contribution < 1.29 is 24.1 Å². The Kier molecular flexibility index (Phi) is 10.6. The van der Waals surface area contributed by atoms with Crippen molar-refractivity contribution in [1.82, 2.24) is 10.2 Å². The fourth-order valence-corrected chi connectivity index (χ4v) is 5.55.